The SMILES string of the molecule is C[C@H](c1c(Cl)ccc(C2CC2)c1Cl)n1nnc2cnc(-c3ccsc3)cc21. The summed E-state index contributed by atoms with van der Waals surface area (Å²) in [6.45, 7) is 2.06. The van der Waals surface area contributed by atoms with Crippen LogP contribution in [-0.4, -0.2) is 20.0 Å². The molecule has 4 nitrogen and oxygen atoms in total. The van der Waals surface area contributed by atoms with E-state index in [0.717, 1.165) is 32.9 Å². The van der Waals surface area contributed by atoms with Gasteiger partial charge in [-0.25, -0.2) is 4.68 Å². The number of pyridine rings is 1. The molecular formula is C20H16Cl2N4S. The van der Waals surface area contributed by atoms with Gasteiger partial charge in [0.25, 0.3) is 0 Å². The average molecular weight is 415 g/mol. The van der Waals surface area contributed by atoms with Gasteiger partial charge >= 0.3 is 0 Å². The minimum atomic E-state index is -0.133. The third-order valence-electron chi connectivity index (χ3n) is 5.13. The van der Waals surface area contributed by atoms with Crippen molar-refractivity contribution in [2.45, 2.75) is 31.7 Å². The Bertz CT molecular complexity index is 1130. The van der Waals surface area contributed by atoms with Gasteiger partial charge in [0, 0.05) is 21.5 Å². The van der Waals surface area contributed by atoms with Crippen LogP contribution < -0.4 is 0 Å². The molecule has 1 fully saturated rings. The van der Waals surface area contributed by atoms with Crippen LogP contribution in [0.3, 0.4) is 0 Å². The normalized spacial score (nSPS) is 15.4. The van der Waals surface area contributed by atoms with Crippen LogP contribution in [0.2, 0.25) is 10.0 Å². The maximum Gasteiger partial charge on any atom is 0.131 e. The second kappa shape index (κ2) is 6.59. The first-order chi connectivity index (χ1) is 13.1. The lowest BCUT2D eigenvalue weighted by Gasteiger charge is -2.18. The van der Waals surface area contributed by atoms with Gasteiger partial charge in [0.2, 0.25) is 0 Å². The van der Waals surface area contributed by atoms with Gasteiger partial charge in [-0.15, -0.1) is 5.10 Å². The van der Waals surface area contributed by atoms with E-state index in [2.05, 4.69) is 39.7 Å². The van der Waals surface area contributed by atoms with Gasteiger partial charge in [-0.1, -0.05) is 34.5 Å². The molecule has 0 amide bonds. The van der Waals surface area contributed by atoms with Gasteiger partial charge in [0.1, 0.15) is 5.52 Å². The summed E-state index contributed by atoms with van der Waals surface area (Å²) in [6.07, 6.45) is 4.15. The first-order valence-corrected chi connectivity index (χ1v) is 10.5. The number of benzene rings is 1. The van der Waals surface area contributed by atoms with Crippen molar-refractivity contribution in [2.24, 2.45) is 0 Å². The van der Waals surface area contributed by atoms with E-state index < -0.39 is 0 Å². The number of hydrogen-bond acceptors (Lipinski definition) is 4. The van der Waals surface area contributed by atoms with Gasteiger partial charge in [-0.2, -0.15) is 11.3 Å². The van der Waals surface area contributed by atoms with Crippen molar-refractivity contribution in [3.05, 3.63) is 62.4 Å². The van der Waals surface area contributed by atoms with Gasteiger partial charge in [-0.05, 0) is 54.8 Å². The van der Waals surface area contributed by atoms with E-state index in [1.165, 1.54) is 18.4 Å². The van der Waals surface area contributed by atoms with Gasteiger partial charge < -0.3 is 0 Å². The lowest BCUT2D eigenvalue weighted by molar-refractivity contribution is 0.560. The molecule has 7 heteroatoms. The molecule has 1 atom stereocenters. The maximum absolute atomic E-state index is 6.77. The fourth-order valence-electron chi connectivity index (χ4n) is 3.50. The van der Waals surface area contributed by atoms with E-state index in [1.54, 1.807) is 17.5 Å². The third kappa shape index (κ3) is 2.94. The summed E-state index contributed by atoms with van der Waals surface area (Å²) in [4.78, 5) is 4.51. The molecule has 0 N–H and O–H groups in total. The van der Waals surface area contributed by atoms with Crippen molar-refractivity contribution in [1.82, 2.24) is 20.0 Å². The zero-order valence-electron chi connectivity index (χ0n) is 14.6. The number of nitrogens with zero attached hydrogens (tertiary/aromatic N) is 4. The van der Waals surface area contributed by atoms with E-state index in [4.69, 9.17) is 23.2 Å². The fourth-order valence-corrected chi connectivity index (χ4v) is 4.99. The molecule has 0 saturated heterocycles. The van der Waals surface area contributed by atoms with E-state index in [9.17, 15) is 0 Å². The van der Waals surface area contributed by atoms with Crippen LogP contribution >= 0.6 is 34.5 Å². The van der Waals surface area contributed by atoms with Crippen molar-refractivity contribution < 1.29 is 0 Å². The Morgan fingerprint density at radius 2 is 2.07 bits per heavy atom. The Labute approximate surface area is 170 Å². The van der Waals surface area contributed by atoms with Crippen LogP contribution in [-0.2, 0) is 0 Å². The Balaban J connectivity index is 1.63. The molecule has 27 heavy (non-hydrogen) atoms. The van der Waals surface area contributed by atoms with Crippen LogP contribution in [0.1, 0.15) is 42.9 Å². The van der Waals surface area contributed by atoms with Gasteiger partial charge in [0.05, 0.1) is 28.5 Å². The predicted molar refractivity (Wildman–Crippen MR) is 111 cm³/mol. The molecule has 1 aliphatic rings. The molecule has 4 aromatic rings. The summed E-state index contributed by atoms with van der Waals surface area (Å²) >= 11 is 15.0. The lowest BCUT2D eigenvalue weighted by Crippen LogP contribution is -2.11. The second-order valence-electron chi connectivity index (χ2n) is 6.92. The molecule has 3 heterocycles. The molecule has 0 bridgehead atoms. The standard InChI is InChI=1S/C20H16Cl2N4S/c1-11(19-15(21)5-4-14(20(19)22)12-2-3-12)26-18-8-16(13-6-7-27-10-13)23-9-17(18)24-25-26/h4-12H,2-3H2,1H3/t11-/m1/s1. The molecule has 1 aliphatic carbocycles. The van der Waals surface area contributed by atoms with Crippen molar-refractivity contribution in [1.29, 1.82) is 0 Å². The highest BCUT2D eigenvalue weighted by Gasteiger charge is 2.29. The van der Waals surface area contributed by atoms with E-state index in [-0.39, 0.29) is 6.04 Å². The van der Waals surface area contributed by atoms with Crippen LogP contribution in [0.15, 0.2) is 41.2 Å². The summed E-state index contributed by atoms with van der Waals surface area (Å²) in [6, 6.07) is 7.96. The quantitative estimate of drug-likeness (QED) is 0.390. The molecule has 0 unspecified atom stereocenters. The molecule has 5 rings (SSSR count). The zero-order chi connectivity index (χ0) is 18.5. The first kappa shape index (κ1) is 17.2. The summed E-state index contributed by atoms with van der Waals surface area (Å²) in [5.41, 5.74) is 5.77. The molecule has 3 aromatic heterocycles. The predicted octanol–water partition coefficient (Wildman–Crippen LogP) is 6.35. The number of fused-ring (bicyclic) bond motifs is 1. The highest BCUT2D eigenvalue weighted by molar-refractivity contribution is 7.08. The number of halogens is 2. The average Bonchev–Trinajstić information content (AvgIpc) is 3.19. The number of rotatable bonds is 4. The number of thiophene rings is 1. The minimum Gasteiger partial charge on any atom is -0.254 e. The smallest absolute Gasteiger partial charge is 0.131 e. The van der Waals surface area contributed by atoms with Gasteiger partial charge in [0.15, 0.2) is 0 Å². The second-order valence-corrected chi connectivity index (χ2v) is 8.48. The lowest BCUT2D eigenvalue weighted by atomic mass is 10.0. The molecule has 0 aliphatic heterocycles. The Hall–Kier alpha value is -1.95. The zero-order valence-corrected chi connectivity index (χ0v) is 16.9. The van der Waals surface area contributed by atoms with Crippen LogP contribution in [0.5, 0.6) is 0 Å². The first-order valence-electron chi connectivity index (χ1n) is 8.85. The van der Waals surface area contributed by atoms with E-state index in [1.807, 2.05) is 22.2 Å². The number of aromatic nitrogens is 4. The summed E-state index contributed by atoms with van der Waals surface area (Å²) < 4.78 is 1.89. The van der Waals surface area contributed by atoms with Crippen LogP contribution in [0, 0.1) is 0 Å². The Morgan fingerprint density at radius 1 is 1.22 bits per heavy atom. The molecule has 0 radical (unpaired) electrons. The topological polar surface area (TPSA) is 43.6 Å². The van der Waals surface area contributed by atoms with Crippen LogP contribution in [0.25, 0.3) is 22.3 Å². The van der Waals surface area contributed by atoms with Crippen molar-refractivity contribution >= 4 is 45.6 Å². The van der Waals surface area contributed by atoms with Crippen molar-refractivity contribution in [2.75, 3.05) is 0 Å². The molecule has 1 saturated carbocycles. The summed E-state index contributed by atoms with van der Waals surface area (Å²) in [5.74, 6) is 0.558. The van der Waals surface area contributed by atoms with E-state index in [0.29, 0.717) is 10.9 Å². The fraction of sp³-hybridized carbons (Fsp3) is 0.250. The molecule has 136 valence electrons. The highest BCUT2D eigenvalue weighted by Crippen LogP contribution is 2.47. The third-order valence-corrected chi connectivity index (χ3v) is 6.57. The highest BCUT2D eigenvalue weighted by atomic mass is 35.5. The maximum atomic E-state index is 6.77. The largest absolute Gasteiger partial charge is 0.254 e. The molecule has 1 aromatic carbocycles. The van der Waals surface area contributed by atoms with Crippen molar-refractivity contribution in [3.63, 3.8) is 0 Å². The molecular weight excluding hydrogens is 399 g/mol. The monoisotopic (exact) mass is 414 g/mol. The summed E-state index contributed by atoms with van der Waals surface area (Å²) in [7, 11) is 0. The summed E-state index contributed by atoms with van der Waals surface area (Å²) in [5, 5.41) is 14.2. The van der Waals surface area contributed by atoms with Crippen LogP contribution in [0.4, 0.5) is 0 Å². The minimum absolute atomic E-state index is 0.133. The Morgan fingerprint density at radius 3 is 2.81 bits per heavy atom. The Kier molecular flexibility index (Phi) is 4.19. The van der Waals surface area contributed by atoms with Gasteiger partial charge in [-0.3, -0.25) is 4.98 Å². The van der Waals surface area contributed by atoms with Crippen molar-refractivity contribution in [3.8, 4) is 11.3 Å². The van der Waals surface area contributed by atoms with E-state index >= 15 is 0 Å². The number of hydrogen-bond donors (Lipinski definition) is 0. The molecule has 0 spiro atoms.